The molecule has 108 valence electrons. The fraction of sp³-hybridized carbons (Fsp3) is 0.333. The molecule has 3 nitrogen and oxygen atoms in total. The summed E-state index contributed by atoms with van der Waals surface area (Å²) >= 11 is 0. The zero-order valence-corrected chi connectivity index (χ0v) is 12.1. The monoisotopic (exact) mass is 280 g/mol. The predicted molar refractivity (Wildman–Crippen MR) is 84.9 cm³/mol. The number of benzene rings is 1. The summed E-state index contributed by atoms with van der Waals surface area (Å²) in [6.45, 7) is 0.675. The first-order valence-corrected chi connectivity index (χ1v) is 7.60. The van der Waals surface area contributed by atoms with Crippen LogP contribution in [-0.2, 0) is 11.2 Å². The van der Waals surface area contributed by atoms with Crippen molar-refractivity contribution >= 4 is 16.8 Å². The first kappa shape index (κ1) is 13.8. The van der Waals surface area contributed by atoms with Gasteiger partial charge in [0.1, 0.15) is 0 Å². The van der Waals surface area contributed by atoms with Gasteiger partial charge in [0.25, 0.3) is 0 Å². The van der Waals surface area contributed by atoms with Crippen LogP contribution in [0.5, 0.6) is 0 Å². The quantitative estimate of drug-likeness (QED) is 0.874. The van der Waals surface area contributed by atoms with E-state index in [9.17, 15) is 4.79 Å². The van der Waals surface area contributed by atoms with Gasteiger partial charge in [0.05, 0.1) is 5.52 Å². The lowest BCUT2D eigenvalue weighted by atomic mass is 9.93. The molecule has 1 heterocycles. The van der Waals surface area contributed by atoms with Crippen LogP contribution in [0.3, 0.4) is 0 Å². The number of fused-ring (bicyclic) bond motifs is 1. The fourth-order valence-electron chi connectivity index (χ4n) is 2.87. The molecule has 1 aromatic heterocycles. The van der Waals surface area contributed by atoms with Crippen LogP contribution in [0, 0.1) is 5.92 Å². The van der Waals surface area contributed by atoms with Crippen molar-refractivity contribution in [2.24, 2.45) is 5.92 Å². The van der Waals surface area contributed by atoms with Gasteiger partial charge in [0, 0.05) is 24.0 Å². The molecular weight excluding hydrogens is 260 g/mol. The smallest absolute Gasteiger partial charge is 0.223 e. The molecule has 1 aliphatic rings. The summed E-state index contributed by atoms with van der Waals surface area (Å²) in [7, 11) is 0. The highest BCUT2D eigenvalue weighted by Gasteiger charge is 2.17. The minimum absolute atomic E-state index is 0.153. The van der Waals surface area contributed by atoms with Gasteiger partial charge < -0.3 is 5.32 Å². The van der Waals surface area contributed by atoms with E-state index >= 15 is 0 Å². The molecule has 2 aromatic rings. The van der Waals surface area contributed by atoms with E-state index in [1.807, 2.05) is 18.3 Å². The van der Waals surface area contributed by atoms with Crippen LogP contribution in [0.1, 0.15) is 24.8 Å². The second-order valence-corrected chi connectivity index (χ2v) is 5.51. The molecule has 3 rings (SSSR count). The average molecular weight is 280 g/mol. The molecule has 3 heteroatoms. The number of aromatic nitrogens is 1. The topological polar surface area (TPSA) is 42.0 Å². The summed E-state index contributed by atoms with van der Waals surface area (Å²) in [6.07, 6.45) is 9.78. The van der Waals surface area contributed by atoms with E-state index in [0.29, 0.717) is 6.54 Å². The first-order valence-electron chi connectivity index (χ1n) is 7.60. The fourth-order valence-corrected chi connectivity index (χ4v) is 2.87. The van der Waals surface area contributed by atoms with Gasteiger partial charge in [0.15, 0.2) is 0 Å². The summed E-state index contributed by atoms with van der Waals surface area (Å²) in [5.41, 5.74) is 2.23. The summed E-state index contributed by atoms with van der Waals surface area (Å²) in [6, 6.07) is 10.2. The number of amides is 1. The Morgan fingerprint density at radius 3 is 3.00 bits per heavy atom. The number of rotatable bonds is 4. The number of carbonyl (C=O) groups is 1. The van der Waals surface area contributed by atoms with Crippen LogP contribution in [0.15, 0.2) is 48.7 Å². The van der Waals surface area contributed by atoms with E-state index in [-0.39, 0.29) is 11.8 Å². The molecule has 1 aliphatic carbocycles. The molecule has 1 atom stereocenters. The molecular formula is C18H20N2O. The maximum Gasteiger partial charge on any atom is 0.223 e. The minimum atomic E-state index is 0.153. The number of allylic oxidation sites excluding steroid dienone is 2. The van der Waals surface area contributed by atoms with Crippen LogP contribution in [0.2, 0.25) is 0 Å². The minimum Gasteiger partial charge on any atom is -0.356 e. The Kier molecular flexibility index (Phi) is 4.29. The summed E-state index contributed by atoms with van der Waals surface area (Å²) in [5.74, 6) is 0.341. The van der Waals surface area contributed by atoms with Crippen molar-refractivity contribution in [2.45, 2.75) is 25.7 Å². The van der Waals surface area contributed by atoms with Crippen molar-refractivity contribution in [3.05, 3.63) is 54.2 Å². The number of nitrogens with one attached hydrogen (secondary N) is 1. The Balaban J connectivity index is 1.59. The van der Waals surface area contributed by atoms with E-state index in [0.717, 1.165) is 36.6 Å². The molecule has 1 amide bonds. The van der Waals surface area contributed by atoms with Crippen molar-refractivity contribution in [3.8, 4) is 0 Å². The number of nitrogens with zero attached hydrogens (tertiary/aromatic N) is 1. The zero-order chi connectivity index (χ0) is 14.5. The lowest BCUT2D eigenvalue weighted by Gasteiger charge is -2.17. The molecule has 21 heavy (non-hydrogen) atoms. The zero-order valence-electron chi connectivity index (χ0n) is 12.1. The summed E-state index contributed by atoms with van der Waals surface area (Å²) in [4.78, 5) is 16.5. The highest BCUT2D eigenvalue weighted by atomic mass is 16.1. The maximum atomic E-state index is 12.1. The number of hydrogen-bond acceptors (Lipinski definition) is 2. The van der Waals surface area contributed by atoms with Crippen molar-refractivity contribution in [1.29, 1.82) is 0 Å². The predicted octanol–water partition coefficient (Wildman–Crippen LogP) is 3.25. The number of para-hydroxylation sites is 1. The lowest BCUT2D eigenvalue weighted by molar-refractivity contribution is -0.125. The Morgan fingerprint density at radius 2 is 2.14 bits per heavy atom. The second kappa shape index (κ2) is 6.53. The third-order valence-electron chi connectivity index (χ3n) is 4.05. The molecule has 0 bridgehead atoms. The Labute approximate surface area is 125 Å². The van der Waals surface area contributed by atoms with Gasteiger partial charge in [-0.1, -0.05) is 36.4 Å². The molecule has 0 spiro atoms. The van der Waals surface area contributed by atoms with Gasteiger partial charge in [-0.05, 0) is 37.3 Å². The van der Waals surface area contributed by atoms with E-state index < -0.39 is 0 Å². The molecule has 0 aliphatic heterocycles. The van der Waals surface area contributed by atoms with Crippen molar-refractivity contribution in [2.75, 3.05) is 6.54 Å². The third kappa shape index (κ3) is 3.30. The largest absolute Gasteiger partial charge is 0.356 e. The van der Waals surface area contributed by atoms with Crippen LogP contribution >= 0.6 is 0 Å². The van der Waals surface area contributed by atoms with Gasteiger partial charge in [-0.2, -0.15) is 0 Å². The number of hydrogen-bond donors (Lipinski definition) is 1. The van der Waals surface area contributed by atoms with E-state index in [1.54, 1.807) is 0 Å². The van der Waals surface area contributed by atoms with Crippen molar-refractivity contribution in [1.82, 2.24) is 10.3 Å². The van der Waals surface area contributed by atoms with Gasteiger partial charge in [-0.15, -0.1) is 0 Å². The van der Waals surface area contributed by atoms with E-state index in [4.69, 9.17) is 0 Å². The summed E-state index contributed by atoms with van der Waals surface area (Å²) < 4.78 is 0. The molecule has 1 aromatic carbocycles. The Bertz CT molecular complexity index is 658. The third-order valence-corrected chi connectivity index (χ3v) is 4.05. The SMILES string of the molecule is O=C(NCCc1cccc2cccnc12)C1CC=CCC1. The van der Waals surface area contributed by atoms with Crippen LogP contribution in [0.4, 0.5) is 0 Å². The van der Waals surface area contributed by atoms with Crippen molar-refractivity contribution in [3.63, 3.8) is 0 Å². The second-order valence-electron chi connectivity index (χ2n) is 5.51. The average Bonchev–Trinajstić information content (AvgIpc) is 2.56. The van der Waals surface area contributed by atoms with Crippen LogP contribution in [-0.4, -0.2) is 17.4 Å². The van der Waals surface area contributed by atoms with Crippen molar-refractivity contribution < 1.29 is 4.79 Å². The summed E-state index contributed by atoms with van der Waals surface area (Å²) in [5, 5.41) is 4.22. The number of carbonyl (C=O) groups excluding carboxylic acids is 1. The standard InChI is InChI=1S/C18H20N2O/c21-18(16-6-2-1-3-7-16)20-13-11-15-9-4-8-14-10-5-12-19-17(14)15/h1-2,4-5,8-10,12,16H,3,6-7,11,13H2,(H,20,21). The Hall–Kier alpha value is -2.16. The number of pyridine rings is 1. The normalized spacial score (nSPS) is 17.8. The molecule has 0 saturated carbocycles. The molecule has 0 radical (unpaired) electrons. The van der Waals surface area contributed by atoms with Gasteiger partial charge >= 0.3 is 0 Å². The van der Waals surface area contributed by atoms with E-state index in [2.05, 4.69) is 40.7 Å². The van der Waals surface area contributed by atoms with Gasteiger partial charge in [0.2, 0.25) is 5.91 Å². The first-order chi connectivity index (χ1) is 10.3. The molecule has 1 unspecified atom stereocenters. The highest BCUT2D eigenvalue weighted by molar-refractivity contribution is 5.82. The maximum absolute atomic E-state index is 12.1. The highest BCUT2D eigenvalue weighted by Crippen LogP contribution is 2.18. The van der Waals surface area contributed by atoms with E-state index in [1.165, 1.54) is 5.56 Å². The van der Waals surface area contributed by atoms with Crippen LogP contribution in [0.25, 0.3) is 10.9 Å². The molecule has 0 saturated heterocycles. The van der Waals surface area contributed by atoms with Crippen LogP contribution < -0.4 is 5.32 Å². The van der Waals surface area contributed by atoms with Gasteiger partial charge in [-0.25, -0.2) is 0 Å². The molecule has 1 N–H and O–H groups in total. The molecule has 0 fully saturated rings. The Morgan fingerprint density at radius 1 is 1.24 bits per heavy atom. The van der Waals surface area contributed by atoms with Gasteiger partial charge in [-0.3, -0.25) is 9.78 Å². The lowest BCUT2D eigenvalue weighted by Crippen LogP contribution is -2.32.